The van der Waals surface area contributed by atoms with Gasteiger partial charge < -0.3 is 5.32 Å². The van der Waals surface area contributed by atoms with Gasteiger partial charge in [-0.3, -0.25) is 19.3 Å². The molecule has 1 N–H and O–H groups in total. The maximum Gasteiger partial charge on any atom is 0.248 e. The lowest BCUT2D eigenvalue weighted by Crippen LogP contribution is -2.49. The number of imide groups is 1. The molecule has 0 unspecified atom stereocenters. The molecule has 7 atom stereocenters. The van der Waals surface area contributed by atoms with E-state index in [4.69, 9.17) is 0 Å². The molecule has 34 heavy (non-hydrogen) atoms. The quantitative estimate of drug-likeness (QED) is 0.462. The molecule has 0 radical (unpaired) electrons. The Hall–Kier alpha value is -2.73. The molecule has 2 aromatic carbocycles. The normalized spacial score (nSPS) is 31.3. The highest BCUT2D eigenvalue weighted by molar-refractivity contribution is 9.10. The Morgan fingerprint density at radius 3 is 2.21 bits per heavy atom. The smallest absolute Gasteiger partial charge is 0.248 e. The van der Waals surface area contributed by atoms with Gasteiger partial charge in [0.05, 0.1) is 11.8 Å². The number of nitrogens with one attached hydrogen (secondary N) is 1. The summed E-state index contributed by atoms with van der Waals surface area (Å²) in [6.45, 7) is 3.95. The van der Waals surface area contributed by atoms with E-state index in [-0.39, 0.29) is 41.4 Å². The number of allylic oxidation sites excluding steroid dienone is 2. The fourth-order valence-corrected chi connectivity index (χ4v) is 6.99. The summed E-state index contributed by atoms with van der Waals surface area (Å²) in [6, 6.07) is 12.5. The Morgan fingerprint density at radius 1 is 0.971 bits per heavy atom. The summed E-state index contributed by atoms with van der Waals surface area (Å²) in [5.74, 6) is 0.0587. The van der Waals surface area contributed by atoms with Crippen LogP contribution in [0.4, 0.5) is 5.69 Å². The Kier molecular flexibility index (Phi) is 5.07. The zero-order valence-corrected chi connectivity index (χ0v) is 20.8. The third-order valence-electron chi connectivity index (χ3n) is 8.56. The van der Waals surface area contributed by atoms with Crippen LogP contribution in [0.1, 0.15) is 23.1 Å². The fraction of sp³-hybridized carbons (Fsp3) is 0.393. The average Bonchev–Trinajstić information content (AvgIpc) is 3.62. The van der Waals surface area contributed by atoms with E-state index in [0.29, 0.717) is 23.9 Å². The molecular formula is C28H27BrN2O3. The molecule has 1 heterocycles. The van der Waals surface area contributed by atoms with Crippen LogP contribution in [0.15, 0.2) is 59.1 Å². The number of halogens is 1. The summed E-state index contributed by atoms with van der Waals surface area (Å²) in [5.41, 5.74) is 3.61. The fourth-order valence-electron chi connectivity index (χ4n) is 6.56. The number of amides is 3. The maximum atomic E-state index is 13.7. The van der Waals surface area contributed by atoms with E-state index in [1.165, 1.54) is 4.90 Å². The molecule has 2 saturated carbocycles. The summed E-state index contributed by atoms with van der Waals surface area (Å²) in [7, 11) is 0. The van der Waals surface area contributed by atoms with Gasteiger partial charge in [-0.1, -0.05) is 58.4 Å². The molecule has 0 spiro atoms. The number of nitrogens with zero attached hydrogens (tertiary/aromatic N) is 1. The summed E-state index contributed by atoms with van der Waals surface area (Å²) in [4.78, 5) is 42.5. The van der Waals surface area contributed by atoms with Crippen LogP contribution >= 0.6 is 15.9 Å². The van der Waals surface area contributed by atoms with Gasteiger partial charge >= 0.3 is 0 Å². The zero-order chi connectivity index (χ0) is 23.7. The second-order valence-electron chi connectivity index (χ2n) is 10.2. The number of anilines is 1. The van der Waals surface area contributed by atoms with Gasteiger partial charge in [0.1, 0.15) is 6.04 Å². The maximum absolute atomic E-state index is 13.7. The molecule has 174 valence electrons. The zero-order valence-electron chi connectivity index (χ0n) is 19.2. The van der Waals surface area contributed by atoms with Gasteiger partial charge in [-0.25, -0.2) is 0 Å². The number of hydrogen-bond acceptors (Lipinski definition) is 3. The minimum atomic E-state index is -0.882. The molecule has 7 rings (SSSR count). The van der Waals surface area contributed by atoms with E-state index in [0.717, 1.165) is 27.6 Å². The first-order chi connectivity index (χ1) is 16.4. The first-order valence-electron chi connectivity index (χ1n) is 12.0. The van der Waals surface area contributed by atoms with Crippen LogP contribution in [0.25, 0.3) is 0 Å². The van der Waals surface area contributed by atoms with E-state index in [1.54, 1.807) is 0 Å². The van der Waals surface area contributed by atoms with Crippen LogP contribution < -0.4 is 5.32 Å². The molecule has 2 aromatic rings. The second-order valence-corrected chi connectivity index (χ2v) is 11.1. The SMILES string of the molecule is Cc1c(Br)ccc(NC(=O)[C@H](Cc2ccccc2)N2C(=O)[C@@H]3[C@H]4C=C[C@@H]([C@@H]5C[C@@H]45)[C@H]3C2=O)c1C. The third kappa shape index (κ3) is 3.22. The van der Waals surface area contributed by atoms with Crippen LogP contribution in [0.3, 0.4) is 0 Å². The van der Waals surface area contributed by atoms with Gasteiger partial charge in [-0.2, -0.15) is 0 Å². The van der Waals surface area contributed by atoms with Crippen LogP contribution in [-0.4, -0.2) is 28.7 Å². The molecular weight excluding hydrogens is 492 g/mol. The van der Waals surface area contributed by atoms with Gasteiger partial charge in [0.25, 0.3) is 0 Å². The van der Waals surface area contributed by atoms with E-state index in [9.17, 15) is 14.4 Å². The molecule has 3 fully saturated rings. The number of benzene rings is 2. The van der Waals surface area contributed by atoms with Gasteiger partial charge in [0.15, 0.2) is 0 Å². The van der Waals surface area contributed by atoms with Crippen molar-refractivity contribution in [1.82, 2.24) is 4.90 Å². The molecule has 5 aliphatic rings. The van der Waals surface area contributed by atoms with Crippen LogP contribution in [0, 0.1) is 49.4 Å². The average molecular weight is 519 g/mol. The largest absolute Gasteiger partial charge is 0.324 e. The molecule has 3 amide bonds. The van der Waals surface area contributed by atoms with Crippen molar-refractivity contribution in [3.05, 3.63) is 75.8 Å². The lowest BCUT2D eigenvalue weighted by atomic mass is 9.63. The third-order valence-corrected chi connectivity index (χ3v) is 9.42. The lowest BCUT2D eigenvalue weighted by molar-refractivity contribution is -0.146. The highest BCUT2D eigenvalue weighted by atomic mass is 79.9. The van der Waals surface area contributed by atoms with Crippen molar-refractivity contribution >= 4 is 39.3 Å². The number of carbonyl (C=O) groups excluding carboxylic acids is 3. The Morgan fingerprint density at radius 2 is 1.59 bits per heavy atom. The highest BCUT2D eigenvalue weighted by Gasteiger charge is 2.67. The molecule has 0 aromatic heterocycles. The summed E-state index contributed by atoms with van der Waals surface area (Å²) in [6.07, 6.45) is 5.74. The Balaban J connectivity index is 1.34. The van der Waals surface area contributed by atoms with Crippen molar-refractivity contribution in [2.24, 2.45) is 35.5 Å². The number of carbonyl (C=O) groups is 3. The first kappa shape index (κ1) is 21.8. The Bertz CT molecular complexity index is 1200. The number of hydrogen-bond donors (Lipinski definition) is 1. The number of rotatable bonds is 5. The standard InChI is InChI=1S/C28H27BrN2O3/c1-14-15(2)22(11-10-21(14)29)30-26(32)23(12-16-6-4-3-5-7-16)31-27(33)24-17-8-9-18(20-13-19(17)20)25(24)28(31)34/h3-11,17-20,23-25H,12-13H2,1-2H3,(H,30,32)/t17-,18-,19-,20-,23-,24+,25+/m0/s1. The van der Waals surface area contributed by atoms with Crippen LogP contribution in [0.5, 0.6) is 0 Å². The molecule has 5 nitrogen and oxygen atoms in total. The number of likely N-dealkylation sites (tertiary alicyclic amines) is 1. The van der Waals surface area contributed by atoms with Crippen LogP contribution in [0.2, 0.25) is 0 Å². The molecule has 1 aliphatic heterocycles. The minimum Gasteiger partial charge on any atom is -0.324 e. The minimum absolute atomic E-state index is 0.137. The molecule has 1 saturated heterocycles. The lowest BCUT2D eigenvalue weighted by Gasteiger charge is -2.37. The van der Waals surface area contributed by atoms with Crippen molar-refractivity contribution in [3.63, 3.8) is 0 Å². The topological polar surface area (TPSA) is 66.5 Å². The van der Waals surface area contributed by atoms with Gasteiger partial charge in [-0.15, -0.1) is 0 Å². The van der Waals surface area contributed by atoms with Crippen molar-refractivity contribution < 1.29 is 14.4 Å². The highest BCUT2D eigenvalue weighted by Crippen LogP contribution is 2.65. The van der Waals surface area contributed by atoms with Gasteiger partial charge in [-0.05, 0) is 72.8 Å². The van der Waals surface area contributed by atoms with E-state index >= 15 is 0 Å². The molecule has 6 heteroatoms. The first-order valence-corrected chi connectivity index (χ1v) is 12.8. The Labute approximate surface area is 207 Å². The van der Waals surface area contributed by atoms with Crippen LogP contribution in [-0.2, 0) is 20.8 Å². The summed E-state index contributed by atoms with van der Waals surface area (Å²) >= 11 is 3.53. The second kappa shape index (κ2) is 7.91. The summed E-state index contributed by atoms with van der Waals surface area (Å²) in [5, 5.41) is 3.03. The molecule has 4 aliphatic carbocycles. The predicted molar refractivity (Wildman–Crippen MR) is 133 cm³/mol. The van der Waals surface area contributed by atoms with E-state index in [1.807, 2.05) is 56.3 Å². The van der Waals surface area contributed by atoms with E-state index in [2.05, 4.69) is 33.4 Å². The monoisotopic (exact) mass is 518 g/mol. The molecule has 2 bridgehead atoms. The van der Waals surface area contributed by atoms with Crippen molar-refractivity contribution in [3.8, 4) is 0 Å². The van der Waals surface area contributed by atoms with Crippen molar-refractivity contribution in [2.45, 2.75) is 32.7 Å². The van der Waals surface area contributed by atoms with Gasteiger partial charge in [0, 0.05) is 16.6 Å². The predicted octanol–water partition coefficient (Wildman–Crippen LogP) is 4.67. The van der Waals surface area contributed by atoms with E-state index < -0.39 is 6.04 Å². The van der Waals surface area contributed by atoms with Gasteiger partial charge in [0.2, 0.25) is 17.7 Å². The van der Waals surface area contributed by atoms with Crippen molar-refractivity contribution in [1.29, 1.82) is 0 Å². The van der Waals surface area contributed by atoms with Crippen molar-refractivity contribution in [2.75, 3.05) is 5.32 Å². The summed E-state index contributed by atoms with van der Waals surface area (Å²) < 4.78 is 0.972.